The number of carbonyl (C=O) groups is 2. The van der Waals surface area contributed by atoms with Gasteiger partial charge in [-0.2, -0.15) is 0 Å². The summed E-state index contributed by atoms with van der Waals surface area (Å²) in [5.74, 6) is -2.67. The van der Waals surface area contributed by atoms with Crippen LogP contribution in [-0.4, -0.2) is 62.9 Å². The van der Waals surface area contributed by atoms with Crippen molar-refractivity contribution < 1.29 is 27.9 Å². The monoisotopic (exact) mass is 477 g/mol. The Hall–Kier alpha value is -2.45. The van der Waals surface area contributed by atoms with Crippen molar-refractivity contribution >= 4 is 32.5 Å². The van der Waals surface area contributed by atoms with E-state index in [4.69, 9.17) is 4.74 Å². The molecule has 0 aromatic heterocycles. The van der Waals surface area contributed by atoms with Crippen LogP contribution in [0.1, 0.15) is 45.4 Å². The van der Waals surface area contributed by atoms with Gasteiger partial charge in [-0.1, -0.05) is 50.1 Å². The number of carboxylic acid groups (broad SMARTS) is 1. The topological polar surface area (TPSA) is 101 Å². The normalized spacial score (nSPS) is 12.5. The number of rotatable bonds is 15. The summed E-state index contributed by atoms with van der Waals surface area (Å²) < 4.78 is 31.6. The lowest BCUT2D eigenvalue weighted by atomic mass is 10.0. The molecule has 182 valence electrons. The largest absolute Gasteiger partial charge is 0.481 e. The maximum Gasteiger partial charge on any atom is 0.303 e. The fourth-order valence-corrected chi connectivity index (χ4v) is 5.45. The second-order valence-corrected chi connectivity index (χ2v) is 10.3. The van der Waals surface area contributed by atoms with Crippen molar-refractivity contribution in [2.24, 2.45) is 5.92 Å². The summed E-state index contributed by atoms with van der Waals surface area (Å²) in [6.07, 6.45) is 3.14. The number of hydrogen-bond donors (Lipinski definition) is 1. The Kier molecular flexibility index (Phi) is 10.8. The predicted octanol–water partition coefficient (Wildman–Crippen LogP) is 4.15. The first-order chi connectivity index (χ1) is 15.8. The van der Waals surface area contributed by atoms with Gasteiger partial charge < -0.3 is 14.7 Å². The van der Waals surface area contributed by atoms with Crippen LogP contribution in [0.2, 0.25) is 0 Å². The number of nitrogens with zero attached hydrogens (tertiary/aromatic N) is 1. The van der Waals surface area contributed by atoms with Crippen LogP contribution in [0.3, 0.4) is 0 Å². The maximum absolute atomic E-state index is 13.4. The minimum Gasteiger partial charge on any atom is -0.481 e. The third-order valence-corrected chi connectivity index (χ3v) is 7.49. The van der Waals surface area contributed by atoms with Crippen molar-refractivity contribution in [1.82, 2.24) is 4.90 Å². The van der Waals surface area contributed by atoms with E-state index in [1.165, 1.54) is 0 Å². The zero-order valence-electron chi connectivity index (χ0n) is 19.5. The molecule has 0 unspecified atom stereocenters. The van der Waals surface area contributed by atoms with Crippen molar-refractivity contribution in [1.29, 1.82) is 0 Å². The minimum atomic E-state index is -3.79. The fraction of sp³-hybridized carbons (Fsp3) is 0.520. The van der Waals surface area contributed by atoms with Crippen LogP contribution in [0.15, 0.2) is 47.4 Å². The molecule has 33 heavy (non-hydrogen) atoms. The highest BCUT2D eigenvalue weighted by molar-refractivity contribution is 7.91. The summed E-state index contributed by atoms with van der Waals surface area (Å²) >= 11 is 0. The second kappa shape index (κ2) is 13.3. The molecule has 0 aliphatic heterocycles. The lowest BCUT2D eigenvalue weighted by molar-refractivity contribution is -0.138. The number of ether oxygens (including phenoxy) is 1. The Labute approximate surface area is 196 Å². The van der Waals surface area contributed by atoms with Crippen molar-refractivity contribution in [2.45, 2.75) is 50.3 Å². The number of methoxy groups -OCH3 is 1. The Morgan fingerprint density at radius 1 is 1.03 bits per heavy atom. The Morgan fingerprint density at radius 2 is 1.73 bits per heavy atom. The highest BCUT2D eigenvalue weighted by atomic mass is 32.2. The van der Waals surface area contributed by atoms with Gasteiger partial charge in [-0.05, 0) is 42.2 Å². The Balaban J connectivity index is 2.27. The van der Waals surface area contributed by atoms with Crippen molar-refractivity contribution in [3.05, 3.63) is 42.5 Å². The van der Waals surface area contributed by atoms with Gasteiger partial charge in [0.05, 0.1) is 16.6 Å². The molecule has 0 aliphatic carbocycles. The fourth-order valence-electron chi connectivity index (χ4n) is 3.84. The van der Waals surface area contributed by atoms with Gasteiger partial charge in [0.2, 0.25) is 5.91 Å². The van der Waals surface area contributed by atoms with Crippen LogP contribution in [-0.2, 0) is 24.2 Å². The highest BCUT2D eigenvalue weighted by Gasteiger charge is 2.30. The molecule has 2 rings (SSSR count). The van der Waals surface area contributed by atoms with Crippen molar-refractivity contribution in [3.8, 4) is 0 Å². The number of benzene rings is 2. The summed E-state index contributed by atoms with van der Waals surface area (Å²) in [6.45, 7) is 3.54. The average Bonchev–Trinajstić information content (AvgIpc) is 2.80. The van der Waals surface area contributed by atoms with Crippen LogP contribution in [0, 0.1) is 5.92 Å². The summed E-state index contributed by atoms with van der Waals surface area (Å²) in [5, 5.41) is 10.9. The quantitative estimate of drug-likeness (QED) is 0.387. The SMILES string of the molecule is CCCCCN(CCCOC)C(=O)[C@@H](CCC(=O)O)CS(=O)(=O)c1ccc2ccccc2c1. The molecule has 0 fully saturated rings. The minimum absolute atomic E-state index is 0.0183. The third kappa shape index (κ3) is 8.44. The van der Waals surface area contributed by atoms with Crippen LogP contribution in [0.5, 0.6) is 0 Å². The molecule has 1 atom stereocenters. The molecule has 1 N–H and O–H groups in total. The molecule has 0 bridgehead atoms. The van der Waals surface area contributed by atoms with E-state index in [0.717, 1.165) is 30.0 Å². The molecule has 2 aromatic carbocycles. The summed E-state index contributed by atoms with van der Waals surface area (Å²) in [7, 11) is -2.20. The lowest BCUT2D eigenvalue weighted by Gasteiger charge is -2.27. The number of unbranched alkanes of at least 4 members (excludes halogenated alkanes) is 2. The molecule has 0 saturated heterocycles. The van der Waals surface area contributed by atoms with Gasteiger partial charge in [0.15, 0.2) is 9.84 Å². The highest BCUT2D eigenvalue weighted by Crippen LogP contribution is 2.24. The maximum atomic E-state index is 13.4. The number of aliphatic carboxylic acids is 1. The van der Waals surface area contributed by atoms with Crippen molar-refractivity contribution in [3.63, 3.8) is 0 Å². The zero-order chi connectivity index (χ0) is 24.3. The standard InChI is InChI=1S/C25H35NO6S/c1-3-4-7-15-26(16-8-17-32-2)25(29)22(12-14-24(27)28)19-33(30,31)23-13-11-20-9-5-6-10-21(20)18-23/h5-6,9-11,13,18,22H,3-4,7-8,12,14-17,19H2,1-2H3,(H,27,28)/t22-/m0/s1. The van der Waals surface area contributed by atoms with E-state index >= 15 is 0 Å². The van der Waals surface area contributed by atoms with E-state index in [-0.39, 0.29) is 23.6 Å². The molecular weight excluding hydrogens is 442 g/mol. The second-order valence-electron chi connectivity index (χ2n) is 8.30. The van der Waals surface area contributed by atoms with E-state index in [0.29, 0.717) is 26.1 Å². The van der Waals surface area contributed by atoms with E-state index < -0.39 is 27.5 Å². The molecule has 7 nitrogen and oxygen atoms in total. The van der Waals surface area contributed by atoms with Gasteiger partial charge in [-0.3, -0.25) is 9.59 Å². The van der Waals surface area contributed by atoms with Gasteiger partial charge in [0.1, 0.15) is 0 Å². The molecule has 0 aliphatic rings. The van der Waals surface area contributed by atoms with E-state index in [1.807, 2.05) is 24.3 Å². The summed E-state index contributed by atoms with van der Waals surface area (Å²) in [5.41, 5.74) is 0. The Morgan fingerprint density at radius 3 is 2.39 bits per heavy atom. The number of carbonyl (C=O) groups excluding carboxylic acids is 1. The number of sulfone groups is 1. The molecule has 8 heteroatoms. The number of amides is 1. The van der Waals surface area contributed by atoms with Crippen molar-refractivity contribution in [2.75, 3.05) is 32.6 Å². The molecule has 0 spiro atoms. The first kappa shape index (κ1) is 26.8. The average molecular weight is 478 g/mol. The van der Waals surface area contributed by atoms with Gasteiger partial charge in [0.25, 0.3) is 0 Å². The van der Waals surface area contributed by atoms with Gasteiger partial charge in [-0.25, -0.2) is 8.42 Å². The smallest absolute Gasteiger partial charge is 0.303 e. The van der Waals surface area contributed by atoms with Crippen LogP contribution in [0.25, 0.3) is 10.8 Å². The summed E-state index contributed by atoms with van der Waals surface area (Å²) in [4.78, 5) is 26.4. The summed E-state index contributed by atoms with van der Waals surface area (Å²) in [6, 6.07) is 12.4. The van der Waals surface area contributed by atoms with E-state index in [2.05, 4.69) is 6.92 Å². The van der Waals surface area contributed by atoms with Gasteiger partial charge in [0, 0.05) is 33.2 Å². The molecular formula is C25H35NO6S. The first-order valence-corrected chi connectivity index (χ1v) is 13.1. The van der Waals surface area contributed by atoms with Crippen LogP contribution >= 0.6 is 0 Å². The zero-order valence-corrected chi connectivity index (χ0v) is 20.4. The first-order valence-electron chi connectivity index (χ1n) is 11.5. The third-order valence-electron chi connectivity index (χ3n) is 5.68. The Bertz CT molecular complexity index is 1010. The molecule has 0 heterocycles. The number of carboxylic acids is 1. The molecule has 2 aromatic rings. The van der Waals surface area contributed by atoms with E-state index in [9.17, 15) is 23.1 Å². The van der Waals surface area contributed by atoms with Gasteiger partial charge >= 0.3 is 5.97 Å². The number of fused-ring (bicyclic) bond motifs is 1. The molecule has 0 saturated carbocycles. The number of hydrogen-bond acceptors (Lipinski definition) is 5. The predicted molar refractivity (Wildman–Crippen MR) is 129 cm³/mol. The van der Waals surface area contributed by atoms with Crippen LogP contribution < -0.4 is 0 Å². The van der Waals surface area contributed by atoms with Gasteiger partial charge in [-0.15, -0.1) is 0 Å². The van der Waals surface area contributed by atoms with E-state index in [1.54, 1.807) is 30.2 Å². The molecule has 1 amide bonds. The van der Waals surface area contributed by atoms with Crippen LogP contribution in [0.4, 0.5) is 0 Å². The molecule has 0 radical (unpaired) electrons. The lowest BCUT2D eigenvalue weighted by Crippen LogP contribution is -2.40.